The van der Waals surface area contributed by atoms with Crippen LogP contribution in [0.4, 0.5) is 0 Å². The summed E-state index contributed by atoms with van der Waals surface area (Å²) in [6.45, 7) is -0.884. The Hall–Kier alpha value is -3.50. The number of esters is 1. The van der Waals surface area contributed by atoms with E-state index in [1.54, 1.807) is 0 Å². The summed E-state index contributed by atoms with van der Waals surface area (Å²) < 4.78 is 4.61. The highest BCUT2D eigenvalue weighted by Gasteiger charge is 2.14. The van der Waals surface area contributed by atoms with Crippen LogP contribution in [0.5, 0.6) is 23.0 Å². The van der Waals surface area contributed by atoms with Gasteiger partial charge in [0.1, 0.15) is 46.8 Å². The van der Waals surface area contributed by atoms with Gasteiger partial charge in [-0.2, -0.15) is 0 Å². The van der Waals surface area contributed by atoms with Crippen LogP contribution in [0.25, 0.3) is 0 Å². The molecule has 27 heavy (non-hydrogen) atoms. The van der Waals surface area contributed by atoms with Crippen LogP contribution in [-0.4, -0.2) is 67.0 Å². The number of hydrogen-bond donors (Lipinski definition) is 7. The van der Waals surface area contributed by atoms with Crippen molar-refractivity contribution in [1.82, 2.24) is 0 Å². The van der Waals surface area contributed by atoms with Crippen LogP contribution < -0.4 is 0 Å². The van der Waals surface area contributed by atoms with Gasteiger partial charge in [-0.1, -0.05) is 0 Å². The average Bonchev–Trinajstić information content (AvgIpc) is 2.59. The fourth-order valence-corrected chi connectivity index (χ4v) is 1.70. The normalized spacial score (nSPS) is 11.0. The Balaban J connectivity index is 0.000000289. The van der Waals surface area contributed by atoms with E-state index >= 15 is 0 Å². The standard InChI is InChI=1S/C10H12O6.C7H6O4/c11-4-7(13)5-16-10(15)8-2-1-6(12)3-9(8)14;8-4-1-2-5(7(10)11)6(9)3-4/h1-3,7,11-14H,4-5H2;1-3,8-9H,(H,10,11). The minimum atomic E-state index is -1.22. The molecule has 0 radical (unpaired) electrons. The third-order valence-corrected chi connectivity index (χ3v) is 3.03. The predicted molar refractivity (Wildman–Crippen MR) is 89.9 cm³/mol. The van der Waals surface area contributed by atoms with Crippen LogP contribution >= 0.6 is 0 Å². The predicted octanol–water partition coefficient (Wildman–Crippen LogP) is 0.404. The SMILES string of the molecule is O=C(O)c1ccc(O)cc1O.O=C(OCC(O)CO)c1ccc(O)cc1O. The number of carbonyl (C=O) groups excluding carboxylic acids is 1. The van der Waals surface area contributed by atoms with Gasteiger partial charge in [-0.05, 0) is 24.3 Å². The van der Waals surface area contributed by atoms with Crippen LogP contribution in [0.2, 0.25) is 0 Å². The van der Waals surface area contributed by atoms with Gasteiger partial charge in [0.15, 0.2) is 0 Å². The number of carbonyl (C=O) groups is 2. The van der Waals surface area contributed by atoms with E-state index in [4.69, 9.17) is 30.6 Å². The number of aromatic carboxylic acids is 1. The molecule has 2 aromatic rings. The Morgan fingerprint density at radius 3 is 1.78 bits per heavy atom. The Morgan fingerprint density at radius 1 is 0.889 bits per heavy atom. The first-order chi connectivity index (χ1) is 12.6. The number of carboxylic acid groups (broad SMARTS) is 1. The molecule has 0 aromatic heterocycles. The first-order valence-electron chi connectivity index (χ1n) is 7.39. The van der Waals surface area contributed by atoms with Crippen molar-refractivity contribution in [2.24, 2.45) is 0 Å². The number of phenolic OH excluding ortho intramolecular Hbond substituents is 3. The van der Waals surface area contributed by atoms with E-state index in [1.165, 1.54) is 18.2 Å². The topological polar surface area (TPSA) is 185 Å². The molecule has 0 saturated heterocycles. The maximum Gasteiger partial charge on any atom is 0.342 e. The third-order valence-electron chi connectivity index (χ3n) is 3.03. The van der Waals surface area contributed by atoms with Crippen molar-refractivity contribution in [3.05, 3.63) is 47.5 Å². The van der Waals surface area contributed by atoms with Gasteiger partial charge in [0.05, 0.1) is 6.61 Å². The second-order valence-corrected chi connectivity index (χ2v) is 5.14. The van der Waals surface area contributed by atoms with Gasteiger partial charge < -0.3 is 40.5 Å². The first-order valence-corrected chi connectivity index (χ1v) is 7.39. The molecule has 0 saturated carbocycles. The molecule has 10 heteroatoms. The molecule has 2 aromatic carbocycles. The summed E-state index contributed by atoms with van der Waals surface area (Å²) in [6.07, 6.45) is -1.15. The van der Waals surface area contributed by atoms with Gasteiger partial charge in [0.25, 0.3) is 0 Å². The van der Waals surface area contributed by atoms with Crippen molar-refractivity contribution in [2.75, 3.05) is 13.2 Å². The first kappa shape index (κ1) is 21.5. The van der Waals surface area contributed by atoms with E-state index < -0.39 is 36.1 Å². The lowest BCUT2D eigenvalue weighted by atomic mass is 10.2. The van der Waals surface area contributed by atoms with Crippen LogP contribution in [0.3, 0.4) is 0 Å². The van der Waals surface area contributed by atoms with Gasteiger partial charge in [0.2, 0.25) is 0 Å². The quantitative estimate of drug-likeness (QED) is 0.357. The highest BCUT2D eigenvalue weighted by Crippen LogP contribution is 2.23. The lowest BCUT2D eigenvalue weighted by Crippen LogP contribution is -2.21. The Kier molecular flexibility index (Phi) is 7.86. The summed E-state index contributed by atoms with van der Waals surface area (Å²) >= 11 is 0. The summed E-state index contributed by atoms with van der Waals surface area (Å²) in [5.74, 6) is -3.24. The Labute approximate surface area is 152 Å². The van der Waals surface area contributed by atoms with Crippen LogP contribution in [-0.2, 0) is 4.74 Å². The van der Waals surface area contributed by atoms with E-state index in [9.17, 15) is 14.7 Å². The van der Waals surface area contributed by atoms with E-state index in [2.05, 4.69) is 4.74 Å². The Bertz CT molecular complexity index is 802. The largest absolute Gasteiger partial charge is 0.508 e. The van der Waals surface area contributed by atoms with E-state index in [0.717, 1.165) is 18.2 Å². The number of aliphatic hydroxyl groups is 2. The van der Waals surface area contributed by atoms with Crippen LogP contribution in [0.1, 0.15) is 20.7 Å². The fourth-order valence-electron chi connectivity index (χ4n) is 1.70. The zero-order valence-corrected chi connectivity index (χ0v) is 13.8. The smallest absolute Gasteiger partial charge is 0.342 e. The summed E-state index contributed by atoms with van der Waals surface area (Å²) in [6, 6.07) is 6.72. The monoisotopic (exact) mass is 382 g/mol. The summed E-state index contributed by atoms with van der Waals surface area (Å²) in [7, 11) is 0. The zero-order valence-electron chi connectivity index (χ0n) is 13.8. The Morgan fingerprint density at radius 2 is 1.37 bits per heavy atom. The molecule has 0 fully saturated rings. The number of rotatable bonds is 5. The van der Waals surface area contributed by atoms with Gasteiger partial charge in [-0.3, -0.25) is 0 Å². The second-order valence-electron chi connectivity index (χ2n) is 5.14. The molecule has 7 N–H and O–H groups in total. The molecule has 0 aliphatic rings. The molecular weight excluding hydrogens is 364 g/mol. The minimum absolute atomic E-state index is 0.122. The minimum Gasteiger partial charge on any atom is -0.508 e. The highest BCUT2D eigenvalue weighted by molar-refractivity contribution is 5.92. The van der Waals surface area contributed by atoms with Crippen molar-refractivity contribution in [1.29, 1.82) is 0 Å². The molecule has 0 aliphatic carbocycles. The maximum atomic E-state index is 11.3. The lowest BCUT2D eigenvalue weighted by Gasteiger charge is -2.09. The number of ether oxygens (including phenoxy) is 1. The summed E-state index contributed by atoms with van der Waals surface area (Å²) in [4.78, 5) is 21.6. The fraction of sp³-hybridized carbons (Fsp3) is 0.176. The van der Waals surface area contributed by atoms with E-state index in [1.807, 2.05) is 0 Å². The third kappa shape index (κ3) is 6.72. The van der Waals surface area contributed by atoms with Crippen LogP contribution in [0.15, 0.2) is 36.4 Å². The zero-order chi connectivity index (χ0) is 20.6. The molecular formula is C17H18O10. The number of aromatic hydroxyl groups is 4. The number of hydrogen-bond acceptors (Lipinski definition) is 9. The molecule has 1 atom stereocenters. The molecule has 2 rings (SSSR count). The number of aliphatic hydroxyl groups excluding tert-OH is 2. The maximum absolute atomic E-state index is 11.3. The van der Waals surface area contributed by atoms with Crippen molar-refractivity contribution in [2.45, 2.75) is 6.10 Å². The van der Waals surface area contributed by atoms with Crippen LogP contribution in [0, 0.1) is 0 Å². The molecule has 1 unspecified atom stereocenters. The number of carboxylic acids is 1. The van der Waals surface area contributed by atoms with Crippen molar-refractivity contribution >= 4 is 11.9 Å². The molecule has 0 aliphatic heterocycles. The molecule has 0 bridgehead atoms. The summed E-state index contributed by atoms with van der Waals surface area (Å²) in [5.41, 5.74) is -0.342. The molecule has 146 valence electrons. The van der Waals surface area contributed by atoms with Crippen molar-refractivity contribution in [3.8, 4) is 23.0 Å². The molecule has 0 amide bonds. The van der Waals surface area contributed by atoms with Crippen molar-refractivity contribution in [3.63, 3.8) is 0 Å². The number of phenols is 4. The van der Waals surface area contributed by atoms with Gasteiger partial charge in [-0.25, -0.2) is 9.59 Å². The van der Waals surface area contributed by atoms with Crippen molar-refractivity contribution < 1.29 is 50.1 Å². The molecule has 0 spiro atoms. The summed E-state index contributed by atoms with van der Waals surface area (Å²) in [5, 5.41) is 61.8. The average molecular weight is 382 g/mol. The second kappa shape index (κ2) is 9.85. The van der Waals surface area contributed by atoms with Gasteiger partial charge in [0, 0.05) is 12.1 Å². The van der Waals surface area contributed by atoms with Gasteiger partial charge in [-0.15, -0.1) is 0 Å². The van der Waals surface area contributed by atoms with Gasteiger partial charge >= 0.3 is 11.9 Å². The number of benzene rings is 2. The molecule has 10 nitrogen and oxygen atoms in total. The van der Waals surface area contributed by atoms with E-state index in [-0.39, 0.29) is 29.2 Å². The highest BCUT2D eigenvalue weighted by atomic mass is 16.5. The molecule has 0 heterocycles. The lowest BCUT2D eigenvalue weighted by molar-refractivity contribution is 0.00912. The van der Waals surface area contributed by atoms with E-state index in [0.29, 0.717) is 0 Å².